The molecule has 0 saturated carbocycles. The van der Waals surface area contributed by atoms with E-state index in [9.17, 15) is 0 Å². The van der Waals surface area contributed by atoms with E-state index in [1.807, 2.05) is 12.2 Å². The molecule has 0 saturated heterocycles. The Morgan fingerprint density at radius 3 is 2.73 bits per heavy atom. The Bertz CT molecular complexity index is 620. The zero-order valence-corrected chi connectivity index (χ0v) is 9.93. The quantitative estimate of drug-likeness (QED) is 0.625. The molecule has 1 heterocycles. The number of hydrogen-bond donors (Lipinski definition) is 0. The molecule has 2 rings (SSSR count). The lowest BCUT2D eigenvalue weighted by molar-refractivity contribution is 1.23. The first-order chi connectivity index (χ1) is 7.29. The zero-order valence-electron chi connectivity index (χ0n) is 8.77. The van der Waals surface area contributed by atoms with Gasteiger partial charge in [0.1, 0.15) is 0 Å². The van der Waals surface area contributed by atoms with Gasteiger partial charge >= 0.3 is 16.5 Å². The largest absolute Gasteiger partial charge is 0.452 e. The molecule has 2 aromatic rings. The summed E-state index contributed by atoms with van der Waals surface area (Å²) in [7, 11) is 0. The Morgan fingerprint density at radius 1 is 1.33 bits per heavy atom. The molecule has 0 N–H and O–H groups in total. The minimum Gasteiger partial charge on any atom is -0.452 e. The maximum absolute atomic E-state index is 3.75. The summed E-state index contributed by atoms with van der Waals surface area (Å²) in [5, 5.41) is 3.72. The number of allylic oxidation sites excluding steroid dienone is 1. The zero-order chi connectivity index (χ0) is 10.8. The minimum absolute atomic E-state index is 1.18. The molecule has 0 aliphatic carbocycles. The van der Waals surface area contributed by atoms with E-state index in [0.717, 1.165) is 0 Å². The molecule has 0 bridgehead atoms. The molecule has 0 fully saturated rings. The highest BCUT2D eigenvalue weighted by atomic mass is 27.1. The van der Waals surface area contributed by atoms with Gasteiger partial charge in [-0.05, 0) is 19.1 Å². The second-order valence-electron chi connectivity index (χ2n) is 3.38. The summed E-state index contributed by atoms with van der Waals surface area (Å²) in [5.41, 5.74) is 1.23. The Balaban J connectivity index is 3.12. The van der Waals surface area contributed by atoms with Crippen LogP contribution in [0.4, 0.5) is 0 Å². The highest BCUT2D eigenvalue weighted by molar-refractivity contribution is 6.11. The molecule has 15 heavy (non-hydrogen) atoms. The van der Waals surface area contributed by atoms with Crippen LogP contribution in [0.15, 0.2) is 36.9 Å². The van der Waals surface area contributed by atoms with E-state index >= 15 is 0 Å². The third kappa shape index (κ3) is 1.57. The molecule has 2 radical (unpaired) electrons. The number of aromatic nitrogens is 1. The fourth-order valence-electron chi connectivity index (χ4n) is 1.89. The van der Waals surface area contributed by atoms with E-state index < -0.39 is 0 Å². The molecule has 72 valence electrons. The Morgan fingerprint density at radius 2 is 2.07 bits per heavy atom. The Labute approximate surface area is 97.7 Å². The van der Waals surface area contributed by atoms with Gasteiger partial charge in [-0.15, -0.1) is 0 Å². The summed E-state index contributed by atoms with van der Waals surface area (Å²) < 4.78 is 2.12. The molecule has 0 aliphatic rings. The monoisotopic (exact) mass is 209 g/mol. The van der Waals surface area contributed by atoms with E-state index in [1.165, 1.54) is 21.5 Å². The maximum Gasteiger partial charge on any atom is 0.318 e. The highest BCUT2D eigenvalue weighted by Crippen LogP contribution is 2.05. The lowest BCUT2D eigenvalue weighted by atomic mass is 10.2. The highest BCUT2D eigenvalue weighted by Gasteiger charge is 2.00. The first-order valence-corrected chi connectivity index (χ1v) is 5.45. The van der Waals surface area contributed by atoms with Crippen molar-refractivity contribution in [3.8, 4) is 0 Å². The molecule has 1 aromatic heterocycles. The topological polar surface area (TPSA) is 4.93 Å². The van der Waals surface area contributed by atoms with Gasteiger partial charge in [0.05, 0.1) is 0 Å². The van der Waals surface area contributed by atoms with Crippen LogP contribution in [0.3, 0.4) is 0 Å². The first-order valence-electron chi connectivity index (χ1n) is 4.93. The van der Waals surface area contributed by atoms with Crippen LogP contribution < -0.4 is 10.6 Å². The minimum atomic E-state index is 1.18. The lowest BCUT2D eigenvalue weighted by Gasteiger charge is -1.96. The van der Waals surface area contributed by atoms with E-state index in [0.29, 0.717) is 0 Å². The average molecular weight is 209 g/mol. The summed E-state index contributed by atoms with van der Waals surface area (Å²) in [6.45, 7) is 5.81. The summed E-state index contributed by atoms with van der Waals surface area (Å²) in [5.74, 6) is 0. The fourth-order valence-corrected chi connectivity index (χ4v) is 2.34. The molecular formula is C13H12AlN. The number of para-hydroxylation sites is 1. The van der Waals surface area contributed by atoms with Crippen molar-refractivity contribution >= 4 is 39.6 Å². The van der Waals surface area contributed by atoms with Gasteiger partial charge in [-0.2, -0.15) is 0 Å². The Kier molecular flexibility index (Phi) is 2.82. The number of rotatable bonds is 1. The first kappa shape index (κ1) is 10.3. The van der Waals surface area contributed by atoms with Crippen molar-refractivity contribution in [2.75, 3.05) is 0 Å². The molecule has 1 nitrogen and oxygen atoms in total. The van der Waals surface area contributed by atoms with Gasteiger partial charge in [0.15, 0.2) is 0 Å². The Hall–Kier alpha value is -1.23. The SMILES string of the molecule is C=C/C=c1\c(=C/C)c2ccccc2[n]1[Al]. The second kappa shape index (κ2) is 4.10. The van der Waals surface area contributed by atoms with Crippen LogP contribution in [0.1, 0.15) is 6.92 Å². The smallest absolute Gasteiger partial charge is 0.318 e. The van der Waals surface area contributed by atoms with Crippen molar-refractivity contribution < 1.29 is 0 Å². The van der Waals surface area contributed by atoms with Crippen LogP contribution in [-0.4, -0.2) is 20.1 Å². The van der Waals surface area contributed by atoms with E-state index in [-0.39, 0.29) is 0 Å². The van der Waals surface area contributed by atoms with Crippen LogP contribution in [0, 0.1) is 0 Å². The van der Waals surface area contributed by atoms with Crippen LogP contribution in [0.2, 0.25) is 0 Å². The van der Waals surface area contributed by atoms with Gasteiger partial charge in [0.25, 0.3) is 0 Å². The molecule has 0 aliphatic heterocycles. The predicted molar refractivity (Wildman–Crippen MR) is 67.1 cm³/mol. The summed E-state index contributed by atoms with van der Waals surface area (Å²) in [4.78, 5) is 0. The molecule has 2 heteroatoms. The average Bonchev–Trinajstić information content (AvgIpc) is 2.54. The normalized spacial score (nSPS) is 13.7. The predicted octanol–water partition coefficient (Wildman–Crippen LogP) is 1.34. The van der Waals surface area contributed by atoms with Crippen molar-refractivity contribution in [1.29, 1.82) is 0 Å². The van der Waals surface area contributed by atoms with E-state index in [1.54, 1.807) is 0 Å². The van der Waals surface area contributed by atoms with E-state index in [4.69, 9.17) is 0 Å². The van der Waals surface area contributed by atoms with Crippen LogP contribution in [-0.2, 0) is 0 Å². The van der Waals surface area contributed by atoms with Gasteiger partial charge in [-0.3, -0.25) is 0 Å². The van der Waals surface area contributed by atoms with Gasteiger partial charge < -0.3 is 3.55 Å². The number of fused-ring (bicyclic) bond motifs is 1. The number of nitrogens with zero attached hydrogens (tertiary/aromatic N) is 1. The molecular weight excluding hydrogens is 197 g/mol. The van der Waals surface area contributed by atoms with Gasteiger partial charge in [0.2, 0.25) is 0 Å². The van der Waals surface area contributed by atoms with Crippen LogP contribution in [0.25, 0.3) is 23.1 Å². The number of hydrogen-bond acceptors (Lipinski definition) is 0. The molecule has 0 spiro atoms. The summed E-state index contributed by atoms with van der Waals surface area (Å²) in [6, 6.07) is 8.39. The van der Waals surface area contributed by atoms with Crippen molar-refractivity contribution in [2.24, 2.45) is 0 Å². The van der Waals surface area contributed by atoms with Crippen molar-refractivity contribution in [3.05, 3.63) is 47.5 Å². The second-order valence-corrected chi connectivity index (χ2v) is 3.89. The summed E-state index contributed by atoms with van der Waals surface area (Å²) in [6.07, 6.45) is 5.99. The van der Waals surface area contributed by atoms with Gasteiger partial charge in [-0.1, -0.05) is 36.9 Å². The lowest BCUT2D eigenvalue weighted by Crippen LogP contribution is -2.27. The van der Waals surface area contributed by atoms with Crippen LogP contribution in [0.5, 0.6) is 0 Å². The molecule has 1 aromatic carbocycles. The van der Waals surface area contributed by atoms with Gasteiger partial charge in [0, 0.05) is 21.5 Å². The molecule has 0 unspecified atom stereocenters. The van der Waals surface area contributed by atoms with E-state index in [2.05, 4.69) is 63.9 Å². The third-order valence-corrected chi connectivity index (χ3v) is 3.11. The maximum atomic E-state index is 3.75. The molecule has 0 atom stereocenters. The number of benzene rings is 1. The molecule has 0 amide bonds. The summed E-state index contributed by atoms with van der Waals surface area (Å²) >= 11 is 2.74. The van der Waals surface area contributed by atoms with Crippen molar-refractivity contribution in [3.63, 3.8) is 0 Å². The fraction of sp³-hybridized carbons (Fsp3) is 0.0769. The standard InChI is InChI=1S/C13H12N.Al/c1-3-7-12-10(4-2)11-8-5-6-9-13(11)14-12;/h3-9H,1H2,2H3;/q-1;+1/b10-4-,12-7+;. The van der Waals surface area contributed by atoms with Crippen LogP contribution >= 0.6 is 0 Å². The van der Waals surface area contributed by atoms with Crippen molar-refractivity contribution in [2.45, 2.75) is 6.92 Å². The van der Waals surface area contributed by atoms with Gasteiger partial charge in [-0.25, -0.2) is 0 Å². The van der Waals surface area contributed by atoms with Crippen molar-refractivity contribution in [1.82, 2.24) is 3.55 Å². The third-order valence-electron chi connectivity index (χ3n) is 2.55.